The van der Waals surface area contributed by atoms with Crippen molar-refractivity contribution in [1.82, 2.24) is 0 Å². The van der Waals surface area contributed by atoms with Crippen LogP contribution in [0.15, 0.2) is 75.7 Å². The van der Waals surface area contributed by atoms with E-state index in [1.165, 1.54) is 19.2 Å². The number of allylic oxidation sites excluding steroid dienone is 1. The molecule has 1 aliphatic heterocycles. The van der Waals surface area contributed by atoms with Crippen LogP contribution in [0.25, 0.3) is 0 Å². The van der Waals surface area contributed by atoms with Gasteiger partial charge in [0, 0.05) is 4.47 Å². The molecule has 0 fully saturated rings. The smallest absolute Gasteiger partial charge is 0.355 e. The van der Waals surface area contributed by atoms with E-state index < -0.39 is 23.8 Å². The standard InChI is InChI=1S/C24H20BrN3O6/c1-32-22(29)15-10-9-14(25)11-17(15)28-20(24(31)34-3)19(23(30)33-2)18(16(12-26)21(28)27)13-7-5-4-6-8-13/h4-11,18H,27H2,1-3H3. The van der Waals surface area contributed by atoms with E-state index in [-0.39, 0.29) is 33.9 Å². The summed E-state index contributed by atoms with van der Waals surface area (Å²) in [6.45, 7) is 0. The summed E-state index contributed by atoms with van der Waals surface area (Å²) >= 11 is 3.34. The van der Waals surface area contributed by atoms with Gasteiger partial charge in [0.05, 0.1) is 55.7 Å². The van der Waals surface area contributed by atoms with Crippen molar-refractivity contribution in [2.45, 2.75) is 5.92 Å². The number of esters is 3. The number of nitriles is 1. The van der Waals surface area contributed by atoms with Gasteiger partial charge in [-0.1, -0.05) is 46.3 Å². The number of nitrogens with zero attached hydrogens (tertiary/aromatic N) is 2. The minimum atomic E-state index is -1.02. The number of hydrogen-bond acceptors (Lipinski definition) is 9. The number of carbonyl (C=O) groups excluding carboxylic acids is 3. The van der Waals surface area contributed by atoms with E-state index in [1.54, 1.807) is 36.4 Å². The van der Waals surface area contributed by atoms with Crippen molar-refractivity contribution in [3.8, 4) is 6.07 Å². The molecule has 0 bridgehead atoms. The summed E-state index contributed by atoms with van der Waals surface area (Å²) in [5.41, 5.74) is 6.66. The first-order chi connectivity index (χ1) is 16.3. The van der Waals surface area contributed by atoms with Crippen LogP contribution >= 0.6 is 15.9 Å². The molecular formula is C24H20BrN3O6. The van der Waals surface area contributed by atoms with Gasteiger partial charge in [-0.15, -0.1) is 0 Å². The van der Waals surface area contributed by atoms with E-state index in [0.29, 0.717) is 10.0 Å². The molecule has 0 spiro atoms. The minimum absolute atomic E-state index is 0.0185. The number of rotatable bonds is 5. The normalized spacial score (nSPS) is 15.5. The molecule has 3 rings (SSSR count). The lowest BCUT2D eigenvalue weighted by Crippen LogP contribution is -2.41. The third-order valence-corrected chi connectivity index (χ3v) is 5.71. The number of ether oxygens (including phenoxy) is 3. The molecule has 0 radical (unpaired) electrons. The Morgan fingerprint density at radius 3 is 2.15 bits per heavy atom. The van der Waals surface area contributed by atoms with Crippen LogP contribution in [0.5, 0.6) is 0 Å². The molecule has 1 atom stereocenters. The minimum Gasteiger partial charge on any atom is -0.466 e. The average molecular weight is 526 g/mol. The van der Waals surface area contributed by atoms with E-state index in [4.69, 9.17) is 19.9 Å². The van der Waals surface area contributed by atoms with E-state index in [9.17, 15) is 19.6 Å². The van der Waals surface area contributed by atoms with E-state index in [2.05, 4.69) is 22.0 Å². The lowest BCUT2D eigenvalue weighted by Gasteiger charge is -2.36. The summed E-state index contributed by atoms with van der Waals surface area (Å²) < 4.78 is 15.4. The fourth-order valence-corrected chi connectivity index (χ4v) is 4.08. The van der Waals surface area contributed by atoms with Gasteiger partial charge >= 0.3 is 17.9 Å². The van der Waals surface area contributed by atoms with Crippen molar-refractivity contribution < 1.29 is 28.6 Å². The van der Waals surface area contributed by atoms with Crippen molar-refractivity contribution >= 4 is 39.5 Å². The summed E-state index contributed by atoms with van der Waals surface area (Å²) in [5, 5.41) is 10.1. The zero-order valence-corrected chi connectivity index (χ0v) is 20.1. The largest absolute Gasteiger partial charge is 0.466 e. The highest BCUT2D eigenvalue weighted by Gasteiger charge is 2.43. The third-order valence-electron chi connectivity index (χ3n) is 5.22. The maximum absolute atomic E-state index is 13.1. The van der Waals surface area contributed by atoms with E-state index in [1.807, 2.05) is 0 Å². The van der Waals surface area contributed by atoms with Crippen molar-refractivity contribution in [3.63, 3.8) is 0 Å². The fourth-order valence-electron chi connectivity index (χ4n) is 3.74. The quantitative estimate of drug-likeness (QED) is 0.461. The number of halogens is 1. The Morgan fingerprint density at radius 2 is 1.59 bits per heavy atom. The van der Waals surface area contributed by atoms with Gasteiger partial charge in [0.1, 0.15) is 11.5 Å². The molecule has 0 aliphatic carbocycles. The molecule has 0 aromatic heterocycles. The molecule has 9 nitrogen and oxygen atoms in total. The Hall–Kier alpha value is -4.10. The summed E-state index contributed by atoms with van der Waals surface area (Å²) in [6.07, 6.45) is 0. The zero-order chi connectivity index (χ0) is 25.0. The predicted molar refractivity (Wildman–Crippen MR) is 125 cm³/mol. The van der Waals surface area contributed by atoms with Gasteiger partial charge in [0.25, 0.3) is 0 Å². The first-order valence-corrected chi connectivity index (χ1v) is 10.6. The maximum atomic E-state index is 13.1. The highest BCUT2D eigenvalue weighted by atomic mass is 79.9. The number of methoxy groups -OCH3 is 3. The summed E-state index contributed by atoms with van der Waals surface area (Å²) in [6, 6.07) is 15.2. The molecule has 0 amide bonds. The predicted octanol–water partition coefficient (Wildman–Crippen LogP) is 3.13. The lowest BCUT2D eigenvalue weighted by molar-refractivity contribution is -0.139. The van der Waals surface area contributed by atoms with Crippen LogP contribution in [0.1, 0.15) is 21.8 Å². The molecule has 1 unspecified atom stereocenters. The maximum Gasteiger partial charge on any atom is 0.355 e. The van der Waals surface area contributed by atoms with Crippen LogP contribution in [0, 0.1) is 11.3 Å². The molecule has 2 aromatic rings. The fraction of sp³-hybridized carbons (Fsp3) is 0.167. The number of benzene rings is 2. The van der Waals surface area contributed by atoms with Crippen LogP contribution in [0.3, 0.4) is 0 Å². The molecule has 0 saturated heterocycles. The molecular weight excluding hydrogens is 506 g/mol. The Kier molecular flexibility index (Phi) is 7.38. The Balaban J connectivity index is 2.48. The number of carbonyl (C=O) groups is 3. The highest BCUT2D eigenvalue weighted by Crippen LogP contribution is 2.44. The van der Waals surface area contributed by atoms with Crippen LogP contribution < -0.4 is 10.6 Å². The Bertz CT molecular complexity index is 1260. The molecule has 34 heavy (non-hydrogen) atoms. The SMILES string of the molecule is COC(=O)C1=C(C(=O)OC)N(c2cc(Br)ccc2C(=O)OC)C(N)=C(C#N)C1c1ccccc1. The van der Waals surface area contributed by atoms with Crippen LogP contribution in [0.4, 0.5) is 5.69 Å². The molecule has 2 N–H and O–H groups in total. The monoisotopic (exact) mass is 525 g/mol. The Labute approximate surface area is 204 Å². The van der Waals surface area contributed by atoms with Crippen LogP contribution in [0.2, 0.25) is 0 Å². The van der Waals surface area contributed by atoms with Crippen LogP contribution in [-0.4, -0.2) is 39.2 Å². The van der Waals surface area contributed by atoms with Crippen molar-refractivity contribution in [3.05, 3.63) is 86.8 Å². The first-order valence-electron chi connectivity index (χ1n) is 9.84. The van der Waals surface area contributed by atoms with E-state index in [0.717, 1.165) is 19.1 Å². The number of hydrogen-bond donors (Lipinski definition) is 1. The number of nitrogens with two attached hydrogens (primary N) is 1. The molecule has 174 valence electrons. The molecule has 1 heterocycles. The first kappa shape index (κ1) is 24.5. The average Bonchev–Trinajstić information content (AvgIpc) is 2.86. The summed E-state index contributed by atoms with van der Waals surface area (Å²) in [5.74, 6) is -3.68. The lowest BCUT2D eigenvalue weighted by atomic mass is 9.80. The topological polar surface area (TPSA) is 132 Å². The van der Waals surface area contributed by atoms with Gasteiger partial charge in [-0.05, 0) is 23.8 Å². The van der Waals surface area contributed by atoms with Crippen LogP contribution in [-0.2, 0) is 23.8 Å². The van der Waals surface area contributed by atoms with Gasteiger partial charge in [0.15, 0.2) is 0 Å². The number of anilines is 1. The molecule has 1 aliphatic rings. The molecule has 0 saturated carbocycles. The second-order valence-corrected chi connectivity index (χ2v) is 7.90. The van der Waals surface area contributed by atoms with E-state index >= 15 is 0 Å². The van der Waals surface area contributed by atoms with Crippen molar-refractivity contribution in [2.24, 2.45) is 5.73 Å². The zero-order valence-electron chi connectivity index (χ0n) is 18.5. The second kappa shape index (κ2) is 10.2. The van der Waals surface area contributed by atoms with Gasteiger partial charge in [-0.3, -0.25) is 4.90 Å². The highest BCUT2D eigenvalue weighted by molar-refractivity contribution is 9.10. The summed E-state index contributed by atoms with van der Waals surface area (Å²) in [4.78, 5) is 39.9. The Morgan fingerprint density at radius 1 is 0.971 bits per heavy atom. The molecule has 10 heteroatoms. The van der Waals surface area contributed by atoms with Gasteiger partial charge in [-0.25, -0.2) is 14.4 Å². The second-order valence-electron chi connectivity index (χ2n) is 6.99. The van der Waals surface area contributed by atoms with Gasteiger partial charge in [-0.2, -0.15) is 5.26 Å². The van der Waals surface area contributed by atoms with Crippen molar-refractivity contribution in [1.29, 1.82) is 5.26 Å². The van der Waals surface area contributed by atoms with Crippen molar-refractivity contribution in [2.75, 3.05) is 26.2 Å². The molecule has 2 aromatic carbocycles. The van der Waals surface area contributed by atoms with Gasteiger partial charge < -0.3 is 19.9 Å². The van der Waals surface area contributed by atoms with Gasteiger partial charge in [0.2, 0.25) is 0 Å². The third kappa shape index (κ3) is 4.25. The summed E-state index contributed by atoms with van der Waals surface area (Å²) in [7, 11) is 3.50.